The van der Waals surface area contributed by atoms with Crippen LogP contribution in [0.25, 0.3) is 0 Å². The number of hydrogen-bond acceptors (Lipinski definition) is 4. The zero-order valence-electron chi connectivity index (χ0n) is 17.0. The Bertz CT molecular complexity index is 501. The normalized spacial score (nSPS) is 28.5. The van der Waals surface area contributed by atoms with Crippen molar-refractivity contribution in [2.24, 2.45) is 17.1 Å². The standard InChI is InChI=1S/C20H37N3O3/c1-5-7-8-11-22-17(24)15-9-12-23(13-10-15)18(25)20(21)14-16(26-6-2)19(20,3)4/h15-16H,5-14,21H2,1-4H3,(H,22,24). The number of hydrogen-bond donors (Lipinski definition) is 2. The predicted molar refractivity (Wildman–Crippen MR) is 103 cm³/mol. The molecule has 3 N–H and O–H groups in total. The molecular formula is C20H37N3O3. The van der Waals surface area contributed by atoms with E-state index in [0.29, 0.717) is 26.1 Å². The van der Waals surface area contributed by atoms with E-state index in [4.69, 9.17) is 10.5 Å². The average molecular weight is 368 g/mol. The third-order valence-corrected chi connectivity index (χ3v) is 6.44. The number of nitrogens with zero attached hydrogens (tertiary/aromatic N) is 1. The Hall–Kier alpha value is -1.14. The first-order valence-corrected chi connectivity index (χ1v) is 10.3. The molecule has 2 aliphatic rings. The van der Waals surface area contributed by atoms with E-state index in [0.717, 1.165) is 38.6 Å². The summed E-state index contributed by atoms with van der Waals surface area (Å²) in [6, 6.07) is 0. The summed E-state index contributed by atoms with van der Waals surface area (Å²) in [5, 5.41) is 3.03. The Labute approximate surface area is 158 Å². The molecule has 1 aliphatic heterocycles. The molecule has 0 aromatic heterocycles. The smallest absolute Gasteiger partial charge is 0.243 e. The number of nitrogens with one attached hydrogen (secondary N) is 1. The van der Waals surface area contributed by atoms with Gasteiger partial charge in [-0.05, 0) is 26.2 Å². The SMILES string of the molecule is CCCCCNC(=O)C1CCN(C(=O)C2(N)CC(OCC)C2(C)C)CC1. The third-order valence-electron chi connectivity index (χ3n) is 6.44. The van der Waals surface area contributed by atoms with Gasteiger partial charge >= 0.3 is 0 Å². The van der Waals surface area contributed by atoms with E-state index in [9.17, 15) is 9.59 Å². The molecule has 2 amide bonds. The molecule has 6 nitrogen and oxygen atoms in total. The quantitative estimate of drug-likeness (QED) is 0.643. The summed E-state index contributed by atoms with van der Waals surface area (Å²) in [7, 11) is 0. The molecule has 1 aliphatic carbocycles. The molecule has 2 rings (SSSR count). The van der Waals surface area contributed by atoms with Crippen molar-refractivity contribution in [3.63, 3.8) is 0 Å². The molecule has 0 aromatic carbocycles. The van der Waals surface area contributed by atoms with Crippen LogP contribution in [0.5, 0.6) is 0 Å². The summed E-state index contributed by atoms with van der Waals surface area (Å²) < 4.78 is 5.73. The Morgan fingerprint density at radius 2 is 1.85 bits per heavy atom. The van der Waals surface area contributed by atoms with Gasteiger partial charge in [-0.15, -0.1) is 0 Å². The van der Waals surface area contributed by atoms with Crippen molar-refractivity contribution < 1.29 is 14.3 Å². The Morgan fingerprint density at radius 3 is 2.38 bits per heavy atom. The van der Waals surface area contributed by atoms with Gasteiger partial charge in [0, 0.05) is 44.0 Å². The summed E-state index contributed by atoms with van der Waals surface area (Å²) in [5.74, 6) is 0.163. The number of nitrogens with two attached hydrogens (primary N) is 1. The van der Waals surface area contributed by atoms with Gasteiger partial charge < -0.3 is 20.7 Å². The van der Waals surface area contributed by atoms with Crippen molar-refractivity contribution in [2.75, 3.05) is 26.2 Å². The van der Waals surface area contributed by atoms with Crippen LogP contribution < -0.4 is 11.1 Å². The molecule has 0 radical (unpaired) electrons. The molecule has 150 valence electrons. The van der Waals surface area contributed by atoms with Crippen LogP contribution in [0.4, 0.5) is 0 Å². The second-order valence-corrected chi connectivity index (χ2v) is 8.41. The first-order chi connectivity index (χ1) is 12.3. The number of carbonyl (C=O) groups is 2. The van der Waals surface area contributed by atoms with Crippen LogP contribution in [0.3, 0.4) is 0 Å². The van der Waals surface area contributed by atoms with Gasteiger partial charge in [0.05, 0.1) is 6.10 Å². The van der Waals surface area contributed by atoms with Crippen LogP contribution in [0.2, 0.25) is 0 Å². The van der Waals surface area contributed by atoms with Crippen LogP contribution in [0.1, 0.15) is 66.2 Å². The highest BCUT2D eigenvalue weighted by molar-refractivity contribution is 5.89. The minimum absolute atomic E-state index is 0.0139. The van der Waals surface area contributed by atoms with E-state index in [1.165, 1.54) is 0 Å². The van der Waals surface area contributed by atoms with E-state index in [-0.39, 0.29) is 29.3 Å². The summed E-state index contributed by atoms with van der Waals surface area (Å²) in [5.41, 5.74) is 5.29. The highest BCUT2D eigenvalue weighted by atomic mass is 16.5. The number of rotatable bonds is 8. The number of amides is 2. The van der Waals surface area contributed by atoms with Crippen molar-refractivity contribution >= 4 is 11.8 Å². The van der Waals surface area contributed by atoms with Gasteiger partial charge in [-0.3, -0.25) is 9.59 Å². The first kappa shape index (κ1) is 21.2. The number of likely N-dealkylation sites (tertiary alicyclic amines) is 1. The monoisotopic (exact) mass is 367 g/mol. The maximum absolute atomic E-state index is 13.0. The molecule has 6 heteroatoms. The number of piperidine rings is 1. The fourth-order valence-electron chi connectivity index (χ4n) is 4.16. The van der Waals surface area contributed by atoms with E-state index in [1.807, 2.05) is 25.7 Å². The van der Waals surface area contributed by atoms with E-state index >= 15 is 0 Å². The van der Waals surface area contributed by atoms with Crippen LogP contribution in [-0.4, -0.2) is 54.6 Å². The molecule has 0 spiro atoms. The zero-order valence-corrected chi connectivity index (χ0v) is 17.0. The lowest BCUT2D eigenvalue weighted by atomic mass is 9.54. The summed E-state index contributed by atoms with van der Waals surface area (Å²) in [4.78, 5) is 27.1. The van der Waals surface area contributed by atoms with Crippen molar-refractivity contribution in [2.45, 2.75) is 77.9 Å². The molecule has 1 saturated heterocycles. The fraction of sp³-hybridized carbons (Fsp3) is 0.900. The van der Waals surface area contributed by atoms with Crippen LogP contribution in [0.15, 0.2) is 0 Å². The highest BCUT2D eigenvalue weighted by Crippen LogP contribution is 2.50. The van der Waals surface area contributed by atoms with Crippen LogP contribution in [-0.2, 0) is 14.3 Å². The number of carbonyl (C=O) groups excluding carboxylic acids is 2. The Balaban J connectivity index is 1.82. The Kier molecular flexibility index (Phi) is 7.08. The third kappa shape index (κ3) is 4.06. The Morgan fingerprint density at radius 1 is 1.19 bits per heavy atom. The van der Waals surface area contributed by atoms with Gasteiger partial charge in [-0.25, -0.2) is 0 Å². The number of unbranched alkanes of at least 4 members (excludes halogenated alkanes) is 2. The topological polar surface area (TPSA) is 84.7 Å². The molecule has 2 unspecified atom stereocenters. The van der Waals surface area contributed by atoms with Gasteiger partial charge in [0.15, 0.2) is 0 Å². The lowest BCUT2D eigenvalue weighted by Gasteiger charge is -2.59. The fourth-order valence-corrected chi connectivity index (χ4v) is 4.16. The van der Waals surface area contributed by atoms with E-state index < -0.39 is 5.54 Å². The van der Waals surface area contributed by atoms with Crippen molar-refractivity contribution in [1.82, 2.24) is 10.2 Å². The molecular weight excluding hydrogens is 330 g/mol. The second-order valence-electron chi connectivity index (χ2n) is 8.41. The van der Waals surface area contributed by atoms with Crippen molar-refractivity contribution in [1.29, 1.82) is 0 Å². The van der Waals surface area contributed by atoms with Crippen molar-refractivity contribution in [3.8, 4) is 0 Å². The van der Waals surface area contributed by atoms with Gasteiger partial charge in [0.25, 0.3) is 0 Å². The maximum atomic E-state index is 13.0. The lowest BCUT2D eigenvalue weighted by molar-refractivity contribution is -0.180. The van der Waals surface area contributed by atoms with Crippen LogP contribution in [0, 0.1) is 11.3 Å². The molecule has 0 bridgehead atoms. The first-order valence-electron chi connectivity index (χ1n) is 10.3. The molecule has 26 heavy (non-hydrogen) atoms. The summed E-state index contributed by atoms with van der Waals surface area (Å²) >= 11 is 0. The second kappa shape index (κ2) is 8.70. The lowest BCUT2D eigenvalue weighted by Crippen LogP contribution is -2.76. The minimum Gasteiger partial charge on any atom is -0.378 e. The summed E-state index contributed by atoms with van der Waals surface area (Å²) in [6.07, 6.45) is 5.37. The average Bonchev–Trinajstić information content (AvgIpc) is 2.64. The van der Waals surface area contributed by atoms with Gasteiger partial charge in [-0.1, -0.05) is 33.6 Å². The van der Waals surface area contributed by atoms with Gasteiger partial charge in [-0.2, -0.15) is 0 Å². The number of ether oxygens (including phenoxy) is 1. The molecule has 0 aromatic rings. The van der Waals surface area contributed by atoms with E-state index in [1.54, 1.807) is 0 Å². The molecule has 2 fully saturated rings. The molecule has 2 atom stereocenters. The van der Waals surface area contributed by atoms with Gasteiger partial charge in [0.1, 0.15) is 5.54 Å². The van der Waals surface area contributed by atoms with Crippen molar-refractivity contribution in [3.05, 3.63) is 0 Å². The van der Waals surface area contributed by atoms with Crippen LogP contribution >= 0.6 is 0 Å². The largest absolute Gasteiger partial charge is 0.378 e. The molecule has 1 saturated carbocycles. The van der Waals surface area contributed by atoms with Gasteiger partial charge in [0.2, 0.25) is 11.8 Å². The highest BCUT2D eigenvalue weighted by Gasteiger charge is 2.63. The minimum atomic E-state index is -0.859. The molecule has 1 heterocycles. The maximum Gasteiger partial charge on any atom is 0.243 e. The summed E-state index contributed by atoms with van der Waals surface area (Å²) in [6.45, 7) is 10.8. The van der Waals surface area contributed by atoms with E-state index in [2.05, 4.69) is 12.2 Å². The predicted octanol–water partition coefficient (Wildman–Crippen LogP) is 2.06. The zero-order chi connectivity index (χ0) is 19.4.